The van der Waals surface area contributed by atoms with Gasteiger partial charge in [0.25, 0.3) is 0 Å². The standard InChI is InChI=1S/C12H13N3O2/c1-9(16)7-10-8-15(14-13-10)11-3-5-12(17-2)6-4-11/h3-6,8H,7H2,1-2H3. The van der Waals surface area contributed by atoms with Gasteiger partial charge in [-0.1, -0.05) is 5.21 Å². The van der Waals surface area contributed by atoms with Gasteiger partial charge in [-0.05, 0) is 31.2 Å². The molecule has 0 saturated heterocycles. The highest BCUT2D eigenvalue weighted by atomic mass is 16.5. The second kappa shape index (κ2) is 4.78. The van der Waals surface area contributed by atoms with Crippen LogP contribution in [0.4, 0.5) is 0 Å². The van der Waals surface area contributed by atoms with Gasteiger partial charge in [0.05, 0.1) is 31.1 Å². The number of ketones is 1. The van der Waals surface area contributed by atoms with Gasteiger partial charge in [0, 0.05) is 0 Å². The Hall–Kier alpha value is -2.17. The van der Waals surface area contributed by atoms with Crippen molar-refractivity contribution < 1.29 is 9.53 Å². The molecule has 0 N–H and O–H groups in total. The maximum absolute atomic E-state index is 10.9. The summed E-state index contributed by atoms with van der Waals surface area (Å²) in [5, 5.41) is 7.90. The molecule has 2 rings (SSSR count). The van der Waals surface area contributed by atoms with Crippen LogP contribution in [0, 0.1) is 0 Å². The van der Waals surface area contributed by atoms with Crippen molar-refractivity contribution in [3.05, 3.63) is 36.2 Å². The van der Waals surface area contributed by atoms with Gasteiger partial charge in [-0.15, -0.1) is 5.10 Å². The molecule has 0 aliphatic rings. The van der Waals surface area contributed by atoms with E-state index >= 15 is 0 Å². The summed E-state index contributed by atoms with van der Waals surface area (Å²) >= 11 is 0. The van der Waals surface area contributed by atoms with E-state index in [4.69, 9.17) is 4.74 Å². The van der Waals surface area contributed by atoms with E-state index in [1.165, 1.54) is 6.92 Å². The normalized spacial score (nSPS) is 10.2. The fourth-order valence-electron chi connectivity index (χ4n) is 1.50. The Balaban J connectivity index is 2.21. The van der Waals surface area contributed by atoms with Crippen molar-refractivity contribution in [3.63, 3.8) is 0 Å². The summed E-state index contributed by atoms with van der Waals surface area (Å²) in [4.78, 5) is 10.9. The average Bonchev–Trinajstić information content (AvgIpc) is 2.77. The molecule has 0 unspecified atom stereocenters. The molecule has 0 saturated carbocycles. The van der Waals surface area contributed by atoms with Crippen LogP contribution < -0.4 is 4.74 Å². The van der Waals surface area contributed by atoms with Crippen LogP contribution in [0.15, 0.2) is 30.5 Å². The third-order valence-electron chi connectivity index (χ3n) is 2.31. The molecular formula is C12H13N3O2. The van der Waals surface area contributed by atoms with E-state index in [0.717, 1.165) is 11.4 Å². The van der Waals surface area contributed by atoms with Crippen molar-refractivity contribution in [1.29, 1.82) is 0 Å². The molecule has 1 aromatic carbocycles. The predicted molar refractivity (Wildman–Crippen MR) is 62.3 cm³/mol. The van der Waals surface area contributed by atoms with E-state index in [0.29, 0.717) is 12.1 Å². The number of carbonyl (C=O) groups is 1. The third-order valence-corrected chi connectivity index (χ3v) is 2.31. The van der Waals surface area contributed by atoms with Crippen LogP contribution in [0.1, 0.15) is 12.6 Å². The van der Waals surface area contributed by atoms with Crippen LogP contribution in [0.2, 0.25) is 0 Å². The first-order chi connectivity index (χ1) is 8.19. The largest absolute Gasteiger partial charge is 0.497 e. The topological polar surface area (TPSA) is 57.0 Å². The molecule has 0 bridgehead atoms. The van der Waals surface area contributed by atoms with Crippen molar-refractivity contribution >= 4 is 5.78 Å². The molecule has 0 radical (unpaired) electrons. The highest BCUT2D eigenvalue weighted by molar-refractivity contribution is 5.77. The Labute approximate surface area is 99.0 Å². The van der Waals surface area contributed by atoms with E-state index in [1.54, 1.807) is 18.0 Å². The van der Waals surface area contributed by atoms with Crippen LogP contribution in [-0.4, -0.2) is 27.9 Å². The van der Waals surface area contributed by atoms with Crippen molar-refractivity contribution in [2.75, 3.05) is 7.11 Å². The molecule has 0 aliphatic carbocycles. The van der Waals surface area contributed by atoms with Gasteiger partial charge in [0.2, 0.25) is 0 Å². The zero-order chi connectivity index (χ0) is 12.3. The lowest BCUT2D eigenvalue weighted by molar-refractivity contribution is -0.116. The SMILES string of the molecule is COc1ccc(-n2cc(CC(C)=O)nn2)cc1. The summed E-state index contributed by atoms with van der Waals surface area (Å²) in [7, 11) is 1.62. The summed E-state index contributed by atoms with van der Waals surface area (Å²) in [5.74, 6) is 0.865. The fraction of sp³-hybridized carbons (Fsp3) is 0.250. The zero-order valence-corrected chi connectivity index (χ0v) is 9.75. The molecule has 5 nitrogen and oxygen atoms in total. The number of hydrogen-bond donors (Lipinski definition) is 0. The van der Waals surface area contributed by atoms with Crippen LogP contribution in [0.25, 0.3) is 5.69 Å². The molecule has 0 aliphatic heterocycles. The predicted octanol–water partition coefficient (Wildman–Crippen LogP) is 1.41. The Bertz CT molecular complexity index is 517. The summed E-state index contributed by atoms with van der Waals surface area (Å²) in [6, 6.07) is 7.46. The number of Topliss-reactive ketones (excluding diaryl/α,β-unsaturated/α-hetero) is 1. The highest BCUT2D eigenvalue weighted by Crippen LogP contribution is 2.14. The Kier molecular flexibility index (Phi) is 3.18. The van der Waals surface area contributed by atoms with Gasteiger partial charge < -0.3 is 4.74 Å². The minimum absolute atomic E-state index is 0.0757. The summed E-state index contributed by atoms with van der Waals surface area (Å²) in [6.07, 6.45) is 2.07. The second-order valence-electron chi connectivity index (χ2n) is 3.73. The molecule has 0 fully saturated rings. The van der Waals surface area contributed by atoms with Crippen molar-refractivity contribution in [2.45, 2.75) is 13.3 Å². The number of hydrogen-bond acceptors (Lipinski definition) is 4. The Morgan fingerprint density at radius 3 is 2.65 bits per heavy atom. The number of benzene rings is 1. The first kappa shape index (κ1) is 11.3. The molecule has 0 spiro atoms. The average molecular weight is 231 g/mol. The maximum atomic E-state index is 10.9. The molecule has 88 valence electrons. The quantitative estimate of drug-likeness (QED) is 0.798. The highest BCUT2D eigenvalue weighted by Gasteiger charge is 2.05. The maximum Gasteiger partial charge on any atom is 0.135 e. The van der Waals surface area contributed by atoms with Gasteiger partial charge in [-0.3, -0.25) is 4.79 Å². The van der Waals surface area contributed by atoms with Crippen LogP contribution in [-0.2, 0) is 11.2 Å². The lowest BCUT2D eigenvalue weighted by Crippen LogP contribution is -1.96. The molecule has 2 aromatic rings. The van der Waals surface area contributed by atoms with Crippen LogP contribution >= 0.6 is 0 Å². The number of rotatable bonds is 4. The number of aromatic nitrogens is 3. The van der Waals surface area contributed by atoms with E-state index < -0.39 is 0 Å². The first-order valence-corrected chi connectivity index (χ1v) is 5.24. The minimum Gasteiger partial charge on any atom is -0.497 e. The van der Waals surface area contributed by atoms with E-state index in [1.807, 2.05) is 24.3 Å². The van der Waals surface area contributed by atoms with Crippen molar-refractivity contribution in [2.24, 2.45) is 0 Å². The smallest absolute Gasteiger partial charge is 0.135 e. The van der Waals surface area contributed by atoms with E-state index in [-0.39, 0.29) is 5.78 Å². The third kappa shape index (κ3) is 2.69. The van der Waals surface area contributed by atoms with Gasteiger partial charge in [-0.2, -0.15) is 0 Å². The Morgan fingerprint density at radius 2 is 2.06 bits per heavy atom. The number of ether oxygens (including phenoxy) is 1. The minimum atomic E-state index is 0.0757. The molecular weight excluding hydrogens is 218 g/mol. The van der Waals surface area contributed by atoms with Gasteiger partial charge >= 0.3 is 0 Å². The van der Waals surface area contributed by atoms with E-state index in [2.05, 4.69) is 10.3 Å². The molecule has 0 amide bonds. The molecule has 1 aromatic heterocycles. The van der Waals surface area contributed by atoms with Gasteiger partial charge in [-0.25, -0.2) is 4.68 Å². The fourth-order valence-corrected chi connectivity index (χ4v) is 1.50. The van der Waals surface area contributed by atoms with Crippen molar-refractivity contribution in [1.82, 2.24) is 15.0 Å². The monoisotopic (exact) mass is 231 g/mol. The summed E-state index contributed by atoms with van der Waals surface area (Å²) < 4.78 is 6.71. The Morgan fingerprint density at radius 1 is 1.35 bits per heavy atom. The van der Waals surface area contributed by atoms with E-state index in [9.17, 15) is 4.79 Å². The summed E-state index contributed by atoms with van der Waals surface area (Å²) in [5.41, 5.74) is 1.56. The van der Waals surface area contributed by atoms with Crippen LogP contribution in [0.5, 0.6) is 5.75 Å². The summed E-state index contributed by atoms with van der Waals surface area (Å²) in [6.45, 7) is 1.53. The lowest BCUT2D eigenvalue weighted by Gasteiger charge is -2.01. The van der Waals surface area contributed by atoms with Crippen molar-refractivity contribution in [3.8, 4) is 11.4 Å². The van der Waals surface area contributed by atoms with Crippen LogP contribution in [0.3, 0.4) is 0 Å². The molecule has 17 heavy (non-hydrogen) atoms. The van der Waals surface area contributed by atoms with Gasteiger partial charge in [0.1, 0.15) is 11.5 Å². The zero-order valence-electron chi connectivity index (χ0n) is 9.75. The lowest BCUT2D eigenvalue weighted by atomic mass is 10.2. The number of carbonyl (C=O) groups excluding carboxylic acids is 1. The second-order valence-corrected chi connectivity index (χ2v) is 3.73. The molecule has 0 atom stereocenters. The van der Waals surface area contributed by atoms with Gasteiger partial charge in [0.15, 0.2) is 0 Å². The molecule has 5 heteroatoms. The molecule has 1 heterocycles. The first-order valence-electron chi connectivity index (χ1n) is 5.24. The number of methoxy groups -OCH3 is 1. The number of nitrogens with zero attached hydrogens (tertiary/aromatic N) is 3.